The number of hydrogen-bond acceptors (Lipinski definition) is 3. The molecule has 1 aromatic carbocycles. The molecule has 0 saturated carbocycles. The first kappa shape index (κ1) is 23.6. The minimum absolute atomic E-state index is 0.230. The predicted octanol–water partition coefficient (Wildman–Crippen LogP) is 5.84. The van der Waals surface area contributed by atoms with Crippen molar-refractivity contribution in [1.82, 2.24) is 9.78 Å². The molecule has 15 heteroatoms. The molecule has 32 heavy (non-hydrogen) atoms. The molecule has 1 N–H and O–H groups in total. The van der Waals surface area contributed by atoms with E-state index in [2.05, 4.69) is 5.10 Å². The van der Waals surface area contributed by atoms with E-state index in [4.69, 9.17) is 0 Å². The molecule has 172 valence electrons. The van der Waals surface area contributed by atoms with Crippen LogP contribution in [0.3, 0.4) is 0 Å². The minimum atomic E-state index is -5.74. The van der Waals surface area contributed by atoms with Crippen molar-refractivity contribution in [3.05, 3.63) is 68.7 Å². The molecule has 0 bridgehead atoms. The van der Waals surface area contributed by atoms with Gasteiger partial charge in [-0.15, -0.1) is 11.3 Å². The monoisotopic (exact) mass is 491 g/mol. The van der Waals surface area contributed by atoms with Crippen molar-refractivity contribution < 1.29 is 48.7 Å². The zero-order valence-corrected chi connectivity index (χ0v) is 15.8. The molecule has 0 spiro atoms. The zero-order valence-electron chi connectivity index (χ0n) is 15.0. The van der Waals surface area contributed by atoms with Gasteiger partial charge in [0.2, 0.25) is 0 Å². The highest BCUT2D eigenvalue weighted by Gasteiger charge is 2.42. The Labute approximate surface area is 175 Å². The first-order valence-corrected chi connectivity index (χ1v) is 9.00. The molecule has 2 aromatic heterocycles. The molecule has 0 fully saturated rings. The van der Waals surface area contributed by atoms with Gasteiger partial charge in [-0.1, -0.05) is 0 Å². The van der Waals surface area contributed by atoms with E-state index in [0.29, 0.717) is 17.4 Å². The third-order valence-electron chi connectivity index (χ3n) is 3.94. The van der Waals surface area contributed by atoms with Gasteiger partial charge in [0, 0.05) is 6.20 Å². The lowest BCUT2D eigenvalue weighted by atomic mass is 10.1. The summed E-state index contributed by atoms with van der Waals surface area (Å²) in [4.78, 5) is 11.8. The molecule has 0 unspecified atom stereocenters. The number of rotatable bonds is 4. The molecule has 3 aromatic rings. The Morgan fingerprint density at radius 3 is 2.06 bits per heavy atom. The normalized spacial score (nSPS) is 12.3. The fraction of sp³-hybridized carbons (Fsp3) is 0.176. The number of anilines is 1. The summed E-state index contributed by atoms with van der Waals surface area (Å²) < 4.78 is 132. The van der Waals surface area contributed by atoms with Crippen molar-refractivity contribution in [2.75, 3.05) is 5.32 Å². The van der Waals surface area contributed by atoms with Crippen LogP contribution in [0.25, 0.3) is 0 Å². The number of carbonyl (C=O) groups excluding carboxylic acids is 1. The summed E-state index contributed by atoms with van der Waals surface area (Å²) in [5, 5.41) is 6.03. The van der Waals surface area contributed by atoms with E-state index in [1.807, 2.05) is 0 Å². The molecule has 3 rings (SSSR count). The fourth-order valence-electron chi connectivity index (χ4n) is 2.53. The number of halogens is 10. The van der Waals surface area contributed by atoms with E-state index in [9.17, 15) is 48.7 Å². The Hall–Kier alpha value is -3.10. The molecule has 1 amide bonds. The van der Waals surface area contributed by atoms with Gasteiger partial charge in [0.25, 0.3) is 5.91 Å². The second-order valence-corrected chi connectivity index (χ2v) is 7.08. The quantitative estimate of drug-likeness (QED) is 0.368. The lowest BCUT2D eigenvalue weighted by Gasteiger charge is -2.14. The summed E-state index contributed by atoms with van der Waals surface area (Å²) in [6.45, 7) is -0.230. The highest BCUT2D eigenvalue weighted by molar-refractivity contribution is 7.12. The third kappa shape index (κ3) is 4.56. The number of amides is 1. The Morgan fingerprint density at radius 1 is 0.969 bits per heavy atom. The van der Waals surface area contributed by atoms with Crippen molar-refractivity contribution in [2.45, 2.75) is 18.9 Å². The number of hydrogen-bond donors (Lipinski definition) is 1. The summed E-state index contributed by atoms with van der Waals surface area (Å²) in [5.74, 6) is -11.7. The van der Waals surface area contributed by atoms with Crippen LogP contribution in [0.1, 0.15) is 26.5 Å². The van der Waals surface area contributed by atoms with Crippen LogP contribution in [0, 0.1) is 23.3 Å². The molecule has 0 saturated heterocycles. The van der Waals surface area contributed by atoms with Gasteiger partial charge in [-0.05, 0) is 23.1 Å². The number of alkyl halides is 6. The number of nitrogens with one attached hydrogen (secondary N) is 1. The Bertz CT molecular complexity index is 1150. The Kier molecular flexibility index (Phi) is 5.97. The Balaban J connectivity index is 1.82. The van der Waals surface area contributed by atoms with Gasteiger partial charge < -0.3 is 5.32 Å². The molecule has 0 radical (unpaired) electrons. The molecule has 0 aliphatic rings. The lowest BCUT2D eigenvalue weighted by molar-refractivity contribution is -0.143. The van der Waals surface area contributed by atoms with Crippen molar-refractivity contribution in [1.29, 1.82) is 0 Å². The summed E-state index contributed by atoms with van der Waals surface area (Å²) in [6, 6.07) is 1.79. The van der Waals surface area contributed by atoms with Crippen molar-refractivity contribution in [3.63, 3.8) is 0 Å². The number of thiophene rings is 1. The Morgan fingerprint density at radius 2 is 1.56 bits per heavy atom. The molecule has 0 aliphatic heterocycles. The van der Waals surface area contributed by atoms with Crippen LogP contribution in [0.5, 0.6) is 0 Å². The topological polar surface area (TPSA) is 46.9 Å². The van der Waals surface area contributed by atoms with Gasteiger partial charge in [0.15, 0.2) is 29.0 Å². The van der Waals surface area contributed by atoms with Crippen molar-refractivity contribution >= 4 is 22.9 Å². The average Bonchev–Trinajstić information content (AvgIpc) is 3.32. The van der Waals surface area contributed by atoms with Gasteiger partial charge in [0.05, 0.1) is 11.4 Å². The maximum absolute atomic E-state index is 13.9. The van der Waals surface area contributed by atoms with E-state index in [1.54, 1.807) is 0 Å². The van der Waals surface area contributed by atoms with Gasteiger partial charge in [-0.3, -0.25) is 9.48 Å². The van der Waals surface area contributed by atoms with Crippen LogP contribution in [-0.2, 0) is 18.9 Å². The van der Waals surface area contributed by atoms with E-state index in [1.165, 1.54) is 10.7 Å². The number of aromatic nitrogens is 2. The number of nitrogens with zero attached hydrogens (tertiary/aromatic N) is 2. The molecule has 0 atom stereocenters. The highest BCUT2D eigenvalue weighted by atomic mass is 32.1. The number of carbonyl (C=O) groups is 1. The van der Waals surface area contributed by atoms with Crippen LogP contribution in [0.4, 0.5) is 49.6 Å². The highest BCUT2D eigenvalue weighted by Crippen LogP contribution is 2.38. The maximum atomic E-state index is 13.9. The maximum Gasteiger partial charge on any atom is 0.435 e. The summed E-state index contributed by atoms with van der Waals surface area (Å²) in [5.41, 5.74) is -5.48. The summed E-state index contributed by atoms with van der Waals surface area (Å²) in [7, 11) is 0. The predicted molar refractivity (Wildman–Crippen MR) is 89.9 cm³/mol. The largest absolute Gasteiger partial charge is 0.435 e. The second-order valence-electron chi connectivity index (χ2n) is 6.17. The standard InChI is InChI=1S/C17H7F10N3OS/c18-10-9(17(25,26)27)11(19)13(21)14(12(10)20)28-15(31)7-3-6(5-32-7)4-30-2-1-8(29-30)16(22,23)24/h1-3,5H,4H2,(H,28,31). The van der Waals surface area contributed by atoms with Crippen molar-refractivity contribution in [3.8, 4) is 0 Å². The van der Waals surface area contributed by atoms with E-state index >= 15 is 0 Å². The smallest absolute Gasteiger partial charge is 0.316 e. The lowest BCUT2D eigenvalue weighted by Crippen LogP contribution is -2.20. The third-order valence-corrected chi connectivity index (χ3v) is 4.92. The van der Waals surface area contributed by atoms with Crippen LogP contribution in [0.15, 0.2) is 23.7 Å². The van der Waals surface area contributed by atoms with Gasteiger partial charge >= 0.3 is 12.4 Å². The molecular formula is C17H7F10N3OS. The molecule has 4 nitrogen and oxygen atoms in total. The summed E-state index contributed by atoms with van der Waals surface area (Å²) >= 11 is 0.648. The fourth-order valence-corrected chi connectivity index (χ4v) is 3.33. The minimum Gasteiger partial charge on any atom is -0.316 e. The van der Waals surface area contributed by atoms with E-state index in [-0.39, 0.29) is 17.0 Å². The molecular weight excluding hydrogens is 484 g/mol. The first-order chi connectivity index (χ1) is 14.7. The van der Waals surface area contributed by atoms with E-state index < -0.39 is 58.5 Å². The SMILES string of the molecule is O=C(Nc1c(F)c(F)c(C(F)(F)F)c(F)c1F)c1cc(Cn2ccc(C(F)(F)F)n2)cs1. The average molecular weight is 491 g/mol. The van der Waals surface area contributed by atoms with E-state index in [0.717, 1.165) is 16.9 Å². The van der Waals surface area contributed by atoms with Crippen LogP contribution in [0.2, 0.25) is 0 Å². The first-order valence-electron chi connectivity index (χ1n) is 8.12. The molecule has 2 heterocycles. The van der Waals surface area contributed by atoms with Crippen LogP contribution in [-0.4, -0.2) is 15.7 Å². The second kappa shape index (κ2) is 8.11. The van der Waals surface area contributed by atoms with Crippen molar-refractivity contribution in [2.24, 2.45) is 0 Å². The summed E-state index contributed by atoms with van der Waals surface area (Å²) in [6.07, 6.45) is -9.40. The van der Waals surface area contributed by atoms with Gasteiger partial charge in [0.1, 0.15) is 11.3 Å². The van der Waals surface area contributed by atoms with Crippen LogP contribution < -0.4 is 5.32 Å². The van der Waals surface area contributed by atoms with Gasteiger partial charge in [-0.2, -0.15) is 31.4 Å². The zero-order chi connectivity index (χ0) is 24.0. The molecule has 0 aliphatic carbocycles. The van der Waals surface area contributed by atoms with Gasteiger partial charge in [-0.25, -0.2) is 17.6 Å². The van der Waals surface area contributed by atoms with Crippen LogP contribution >= 0.6 is 11.3 Å². The number of benzene rings is 1.